The lowest BCUT2D eigenvalue weighted by molar-refractivity contribution is 0.0790. The number of halogens is 3. The first-order chi connectivity index (χ1) is 7.08. The summed E-state index contributed by atoms with van der Waals surface area (Å²) in [6.45, 7) is 1.43. The molecule has 2 rings (SSSR count). The van der Waals surface area contributed by atoms with Gasteiger partial charge in [-0.1, -0.05) is 0 Å². The minimum atomic E-state index is 0. The van der Waals surface area contributed by atoms with Crippen LogP contribution in [0.5, 0.6) is 0 Å². The Morgan fingerprint density at radius 2 is 2.25 bits per heavy atom. The Morgan fingerprint density at radius 3 is 2.69 bits per heavy atom. The van der Waals surface area contributed by atoms with Gasteiger partial charge in [0.25, 0.3) is 5.91 Å². The molecule has 90 valence electrons. The van der Waals surface area contributed by atoms with Crippen molar-refractivity contribution in [2.24, 2.45) is 5.73 Å². The first-order valence-electron chi connectivity index (χ1n) is 4.57. The van der Waals surface area contributed by atoms with Crippen LogP contribution in [0.1, 0.15) is 16.8 Å². The number of rotatable bonds is 1. The summed E-state index contributed by atoms with van der Waals surface area (Å²) in [5.41, 5.74) is 6.50. The number of nitrogens with two attached hydrogens (primary N) is 1. The van der Waals surface area contributed by atoms with Crippen molar-refractivity contribution in [1.82, 2.24) is 4.90 Å². The highest BCUT2D eigenvalue weighted by molar-refractivity contribution is 9.12. The normalized spacial score (nSPS) is 19.7. The zero-order valence-corrected chi connectivity index (χ0v) is 13.1. The van der Waals surface area contributed by atoms with Gasteiger partial charge in [-0.2, -0.15) is 0 Å². The van der Waals surface area contributed by atoms with Crippen LogP contribution in [0.25, 0.3) is 0 Å². The molecule has 1 aromatic heterocycles. The van der Waals surface area contributed by atoms with E-state index >= 15 is 0 Å². The summed E-state index contributed by atoms with van der Waals surface area (Å²) in [6.07, 6.45) is 0.897. The van der Waals surface area contributed by atoms with Crippen molar-refractivity contribution in [1.29, 1.82) is 0 Å². The Kier molecular flexibility index (Phi) is 5.25. The monoisotopic (exact) mass is 388 g/mol. The molecular formula is C9H11Br2ClN2OS. The number of hydrogen-bond acceptors (Lipinski definition) is 3. The first kappa shape index (κ1) is 14.4. The number of amides is 1. The maximum atomic E-state index is 12.1. The third-order valence-electron chi connectivity index (χ3n) is 2.40. The second kappa shape index (κ2) is 5.82. The Labute approximate surface area is 121 Å². The van der Waals surface area contributed by atoms with Crippen LogP contribution in [-0.2, 0) is 0 Å². The van der Waals surface area contributed by atoms with E-state index in [-0.39, 0.29) is 24.4 Å². The summed E-state index contributed by atoms with van der Waals surface area (Å²) in [6, 6.07) is 1.98. The molecule has 1 aliphatic heterocycles. The molecule has 7 heteroatoms. The lowest BCUT2D eigenvalue weighted by atomic mass is 10.3. The van der Waals surface area contributed by atoms with Crippen molar-refractivity contribution in [2.75, 3.05) is 13.1 Å². The summed E-state index contributed by atoms with van der Waals surface area (Å²) in [5.74, 6) is 0.0665. The number of carbonyl (C=O) groups excluding carboxylic acids is 1. The van der Waals surface area contributed by atoms with Crippen molar-refractivity contribution in [2.45, 2.75) is 12.5 Å². The van der Waals surface area contributed by atoms with E-state index in [2.05, 4.69) is 31.9 Å². The Hall–Kier alpha value is 0.380. The molecule has 1 amide bonds. The molecule has 2 heterocycles. The minimum absolute atomic E-state index is 0. The summed E-state index contributed by atoms with van der Waals surface area (Å²) in [5, 5.41) is 0. The number of nitrogens with zero attached hydrogens (tertiary/aromatic N) is 1. The molecule has 0 saturated carbocycles. The molecule has 1 fully saturated rings. The molecular weight excluding hydrogens is 379 g/mol. The molecule has 0 radical (unpaired) electrons. The van der Waals surface area contributed by atoms with Gasteiger partial charge in [-0.05, 0) is 44.3 Å². The molecule has 0 spiro atoms. The van der Waals surface area contributed by atoms with Gasteiger partial charge in [-0.3, -0.25) is 4.79 Å². The van der Waals surface area contributed by atoms with Crippen molar-refractivity contribution in [3.63, 3.8) is 0 Å². The lowest BCUT2D eigenvalue weighted by Crippen LogP contribution is -2.31. The van der Waals surface area contributed by atoms with Gasteiger partial charge in [0.2, 0.25) is 0 Å². The second-order valence-corrected chi connectivity index (χ2v) is 7.29. The Balaban J connectivity index is 0.00000128. The van der Waals surface area contributed by atoms with Crippen LogP contribution >= 0.6 is 55.6 Å². The van der Waals surface area contributed by atoms with Crippen LogP contribution in [0.3, 0.4) is 0 Å². The van der Waals surface area contributed by atoms with E-state index in [1.807, 2.05) is 11.0 Å². The quantitative estimate of drug-likeness (QED) is 0.802. The van der Waals surface area contributed by atoms with E-state index in [9.17, 15) is 4.79 Å². The Morgan fingerprint density at radius 1 is 1.56 bits per heavy atom. The van der Waals surface area contributed by atoms with Gasteiger partial charge in [-0.25, -0.2) is 0 Å². The predicted molar refractivity (Wildman–Crippen MR) is 75.5 cm³/mol. The third kappa shape index (κ3) is 2.98. The SMILES string of the molecule is Cl.N[C@@H]1CCN(C(=O)c2cc(Br)sc2Br)C1. The second-order valence-electron chi connectivity index (χ2n) is 3.54. The highest BCUT2D eigenvalue weighted by Gasteiger charge is 2.26. The fourth-order valence-electron chi connectivity index (χ4n) is 1.63. The molecule has 1 atom stereocenters. The average Bonchev–Trinajstić information content (AvgIpc) is 2.71. The van der Waals surface area contributed by atoms with Gasteiger partial charge in [0.15, 0.2) is 0 Å². The van der Waals surface area contributed by atoms with E-state index in [0.29, 0.717) is 6.54 Å². The summed E-state index contributed by atoms with van der Waals surface area (Å²) in [4.78, 5) is 13.9. The molecule has 1 aliphatic rings. The third-order valence-corrected chi connectivity index (χ3v) is 4.74. The molecule has 0 unspecified atom stereocenters. The standard InChI is InChI=1S/C9H10Br2N2OS.ClH/c10-7-3-6(8(11)15-7)9(14)13-2-1-5(12)4-13;/h3,5H,1-2,4,12H2;1H/t5-;/m1./s1. The highest BCUT2D eigenvalue weighted by atomic mass is 79.9. The van der Waals surface area contributed by atoms with E-state index in [1.54, 1.807) is 0 Å². The average molecular weight is 391 g/mol. The van der Waals surface area contributed by atoms with Gasteiger partial charge in [-0.15, -0.1) is 23.7 Å². The van der Waals surface area contributed by atoms with E-state index in [0.717, 1.165) is 26.1 Å². The molecule has 1 aromatic rings. The van der Waals surface area contributed by atoms with Gasteiger partial charge >= 0.3 is 0 Å². The van der Waals surface area contributed by atoms with E-state index in [4.69, 9.17) is 5.73 Å². The van der Waals surface area contributed by atoms with Crippen molar-refractivity contribution >= 4 is 61.5 Å². The molecule has 2 N–H and O–H groups in total. The fraction of sp³-hybridized carbons (Fsp3) is 0.444. The van der Waals surface area contributed by atoms with Gasteiger partial charge < -0.3 is 10.6 Å². The summed E-state index contributed by atoms with van der Waals surface area (Å²) in [7, 11) is 0. The zero-order valence-electron chi connectivity index (χ0n) is 8.28. The molecule has 0 aliphatic carbocycles. The van der Waals surface area contributed by atoms with Crippen LogP contribution in [0.2, 0.25) is 0 Å². The largest absolute Gasteiger partial charge is 0.337 e. The van der Waals surface area contributed by atoms with Gasteiger partial charge in [0.1, 0.15) is 0 Å². The maximum Gasteiger partial charge on any atom is 0.255 e. The van der Waals surface area contributed by atoms with Crippen molar-refractivity contribution in [3.05, 3.63) is 19.2 Å². The maximum absolute atomic E-state index is 12.1. The van der Waals surface area contributed by atoms with E-state index < -0.39 is 0 Å². The van der Waals surface area contributed by atoms with Crippen LogP contribution in [0.4, 0.5) is 0 Å². The molecule has 1 saturated heterocycles. The Bertz CT molecular complexity index is 399. The molecule has 3 nitrogen and oxygen atoms in total. The molecule has 0 aromatic carbocycles. The minimum Gasteiger partial charge on any atom is -0.337 e. The number of carbonyl (C=O) groups is 1. The van der Waals surface area contributed by atoms with Gasteiger partial charge in [0.05, 0.1) is 13.1 Å². The number of thiophene rings is 1. The highest BCUT2D eigenvalue weighted by Crippen LogP contribution is 2.33. The van der Waals surface area contributed by atoms with Crippen molar-refractivity contribution < 1.29 is 4.79 Å². The van der Waals surface area contributed by atoms with Crippen LogP contribution in [-0.4, -0.2) is 29.9 Å². The number of hydrogen-bond donors (Lipinski definition) is 1. The van der Waals surface area contributed by atoms with Crippen molar-refractivity contribution in [3.8, 4) is 0 Å². The summed E-state index contributed by atoms with van der Waals surface area (Å²) >= 11 is 8.27. The molecule has 0 bridgehead atoms. The smallest absolute Gasteiger partial charge is 0.255 e. The fourth-order valence-corrected chi connectivity index (χ4v) is 4.41. The van der Waals surface area contributed by atoms with Crippen LogP contribution in [0, 0.1) is 0 Å². The number of likely N-dealkylation sites (tertiary alicyclic amines) is 1. The lowest BCUT2D eigenvalue weighted by Gasteiger charge is -2.14. The van der Waals surface area contributed by atoms with Crippen LogP contribution < -0.4 is 5.73 Å². The summed E-state index contributed by atoms with van der Waals surface area (Å²) < 4.78 is 1.83. The topological polar surface area (TPSA) is 46.3 Å². The molecule has 16 heavy (non-hydrogen) atoms. The first-order valence-corrected chi connectivity index (χ1v) is 6.98. The van der Waals surface area contributed by atoms with Gasteiger partial charge in [0, 0.05) is 19.1 Å². The van der Waals surface area contributed by atoms with Crippen LogP contribution in [0.15, 0.2) is 13.6 Å². The zero-order chi connectivity index (χ0) is 11.0. The van der Waals surface area contributed by atoms with E-state index in [1.165, 1.54) is 11.3 Å². The predicted octanol–water partition coefficient (Wildman–Crippen LogP) is 2.87.